The van der Waals surface area contributed by atoms with Crippen LogP contribution in [0.25, 0.3) is 21.6 Å². The van der Waals surface area contributed by atoms with Crippen molar-refractivity contribution in [1.82, 2.24) is 5.32 Å². The van der Waals surface area contributed by atoms with Gasteiger partial charge in [-0.3, -0.25) is 0 Å². The van der Waals surface area contributed by atoms with Gasteiger partial charge in [-0.25, -0.2) is 4.79 Å². The van der Waals surface area contributed by atoms with Gasteiger partial charge in [-0.05, 0) is 39.9 Å². The molecule has 2 atom stereocenters. The summed E-state index contributed by atoms with van der Waals surface area (Å²) < 4.78 is 5.50. The number of thiophene rings is 1. The van der Waals surface area contributed by atoms with Crippen LogP contribution in [0.5, 0.6) is 0 Å². The molecule has 3 N–H and O–H groups in total. The van der Waals surface area contributed by atoms with E-state index in [4.69, 9.17) is 4.74 Å². The monoisotopic (exact) mass is 471 g/mol. The third-order valence-electron chi connectivity index (χ3n) is 6.14. The number of aliphatic hydroxyl groups is 2. The summed E-state index contributed by atoms with van der Waals surface area (Å²) in [6.07, 6.45) is -2.87. The zero-order valence-electron chi connectivity index (χ0n) is 18.4. The average Bonchev–Trinajstić information content (AvgIpc) is 3.50. The van der Waals surface area contributed by atoms with Gasteiger partial charge in [0.2, 0.25) is 0 Å². The summed E-state index contributed by atoms with van der Waals surface area (Å²) >= 11 is 1.42. The van der Waals surface area contributed by atoms with E-state index in [0.717, 1.165) is 32.7 Å². The molecule has 5 nitrogen and oxygen atoms in total. The first kappa shape index (κ1) is 22.3. The van der Waals surface area contributed by atoms with Crippen LogP contribution in [0.4, 0.5) is 4.79 Å². The molecule has 5 rings (SSSR count). The molecule has 172 valence electrons. The lowest BCUT2D eigenvalue weighted by Gasteiger charge is -2.18. The Balaban J connectivity index is 1.16. The van der Waals surface area contributed by atoms with Crippen LogP contribution in [0.15, 0.2) is 91.0 Å². The van der Waals surface area contributed by atoms with Crippen molar-refractivity contribution in [3.05, 3.63) is 107 Å². The van der Waals surface area contributed by atoms with Crippen LogP contribution < -0.4 is 5.32 Å². The summed E-state index contributed by atoms with van der Waals surface area (Å²) in [6, 6.07) is 29.9. The van der Waals surface area contributed by atoms with Crippen LogP contribution in [-0.4, -0.2) is 35.6 Å². The lowest BCUT2D eigenvalue weighted by molar-refractivity contribution is 0.0206. The largest absolute Gasteiger partial charge is 0.449 e. The first-order valence-electron chi connectivity index (χ1n) is 11.2. The van der Waals surface area contributed by atoms with Gasteiger partial charge in [0, 0.05) is 22.2 Å². The third kappa shape index (κ3) is 4.48. The zero-order valence-corrected chi connectivity index (χ0v) is 19.2. The predicted molar refractivity (Wildman–Crippen MR) is 134 cm³/mol. The highest BCUT2D eigenvalue weighted by Gasteiger charge is 2.29. The van der Waals surface area contributed by atoms with E-state index in [2.05, 4.69) is 29.6 Å². The maximum Gasteiger partial charge on any atom is 0.407 e. The molecule has 0 saturated heterocycles. The number of alkyl carbamates (subject to hydrolysis) is 1. The Morgan fingerprint density at radius 3 is 2.15 bits per heavy atom. The minimum Gasteiger partial charge on any atom is -0.449 e. The van der Waals surface area contributed by atoms with Gasteiger partial charge in [0.25, 0.3) is 0 Å². The molecule has 2 unspecified atom stereocenters. The normalized spacial score (nSPS) is 14.2. The van der Waals surface area contributed by atoms with Gasteiger partial charge in [0.05, 0.1) is 0 Å². The van der Waals surface area contributed by atoms with Gasteiger partial charge in [0.15, 0.2) is 0 Å². The molecule has 1 aliphatic carbocycles. The van der Waals surface area contributed by atoms with Crippen LogP contribution in [0.3, 0.4) is 0 Å². The molecular weight excluding hydrogens is 446 g/mol. The van der Waals surface area contributed by atoms with Crippen molar-refractivity contribution in [3.8, 4) is 21.6 Å². The van der Waals surface area contributed by atoms with Gasteiger partial charge in [-0.1, -0.05) is 78.9 Å². The fourth-order valence-electron chi connectivity index (χ4n) is 4.41. The maximum absolute atomic E-state index is 12.4. The molecule has 34 heavy (non-hydrogen) atoms. The van der Waals surface area contributed by atoms with Gasteiger partial charge < -0.3 is 20.3 Å². The molecular formula is C28H25NO4S. The molecule has 1 aliphatic rings. The minimum absolute atomic E-state index is 0.0313. The molecule has 0 spiro atoms. The third-order valence-corrected chi connectivity index (χ3v) is 7.35. The molecule has 0 bridgehead atoms. The summed E-state index contributed by atoms with van der Waals surface area (Å²) in [6.45, 7) is 0.0836. The van der Waals surface area contributed by atoms with E-state index in [1.807, 2.05) is 60.7 Å². The summed E-state index contributed by atoms with van der Waals surface area (Å²) in [4.78, 5) is 14.0. The zero-order chi connectivity index (χ0) is 23.5. The lowest BCUT2D eigenvalue weighted by atomic mass is 9.98. The molecule has 0 radical (unpaired) electrons. The second-order valence-electron chi connectivity index (χ2n) is 8.29. The topological polar surface area (TPSA) is 78.8 Å². The quantitative estimate of drug-likeness (QED) is 0.340. The Morgan fingerprint density at radius 1 is 0.853 bits per heavy atom. The van der Waals surface area contributed by atoms with Crippen molar-refractivity contribution in [2.45, 2.75) is 18.1 Å². The molecule has 3 aromatic carbocycles. The molecule has 0 saturated carbocycles. The maximum atomic E-state index is 12.4. The number of hydrogen-bond donors (Lipinski definition) is 3. The van der Waals surface area contributed by atoms with Gasteiger partial charge >= 0.3 is 6.09 Å². The minimum atomic E-state index is -1.15. The van der Waals surface area contributed by atoms with Crippen molar-refractivity contribution < 1.29 is 19.7 Å². The number of benzene rings is 3. The highest BCUT2D eigenvalue weighted by atomic mass is 32.1. The van der Waals surface area contributed by atoms with Crippen LogP contribution in [0.2, 0.25) is 0 Å². The number of ether oxygens (including phenoxy) is 1. The van der Waals surface area contributed by atoms with Crippen LogP contribution in [0, 0.1) is 0 Å². The Labute approximate surface area is 202 Å². The number of fused-ring (bicyclic) bond motifs is 3. The lowest BCUT2D eigenvalue weighted by Crippen LogP contribution is -2.36. The van der Waals surface area contributed by atoms with Crippen molar-refractivity contribution in [3.63, 3.8) is 0 Å². The van der Waals surface area contributed by atoms with Gasteiger partial charge in [-0.2, -0.15) is 0 Å². The van der Waals surface area contributed by atoms with Crippen LogP contribution in [0.1, 0.15) is 28.0 Å². The van der Waals surface area contributed by atoms with E-state index in [1.165, 1.54) is 11.3 Å². The van der Waals surface area contributed by atoms with E-state index in [1.54, 1.807) is 6.07 Å². The van der Waals surface area contributed by atoms with Crippen molar-refractivity contribution >= 4 is 17.4 Å². The second kappa shape index (κ2) is 9.81. The van der Waals surface area contributed by atoms with E-state index >= 15 is 0 Å². The standard InChI is InChI=1S/C28H25NO4S/c30-24(27(31)26-15-14-25(34-26)18-8-2-1-3-9-18)16-29-28(32)33-17-23-21-12-6-4-10-19(21)20-11-5-7-13-22(20)23/h1-15,23-24,27,30-31H,16-17H2,(H,29,32). The Kier molecular flexibility index (Phi) is 6.45. The fraction of sp³-hybridized carbons (Fsp3) is 0.179. The molecule has 4 aromatic rings. The number of rotatable bonds is 7. The molecule has 1 aromatic heterocycles. The van der Waals surface area contributed by atoms with Crippen molar-refractivity contribution in [2.24, 2.45) is 0 Å². The second-order valence-corrected chi connectivity index (χ2v) is 9.40. The van der Waals surface area contributed by atoms with E-state index in [9.17, 15) is 15.0 Å². The number of nitrogens with one attached hydrogen (secondary N) is 1. The summed E-state index contributed by atoms with van der Waals surface area (Å²) in [5.41, 5.74) is 5.66. The number of amides is 1. The molecule has 0 aliphatic heterocycles. The van der Waals surface area contributed by atoms with Crippen LogP contribution in [-0.2, 0) is 4.74 Å². The smallest absolute Gasteiger partial charge is 0.407 e. The Hall–Kier alpha value is -3.45. The highest BCUT2D eigenvalue weighted by Crippen LogP contribution is 2.44. The van der Waals surface area contributed by atoms with E-state index in [0.29, 0.717) is 4.88 Å². The van der Waals surface area contributed by atoms with Crippen LogP contribution >= 0.6 is 11.3 Å². The Bertz CT molecular complexity index is 1240. The number of hydrogen-bond acceptors (Lipinski definition) is 5. The number of carbonyl (C=O) groups excluding carboxylic acids is 1. The average molecular weight is 472 g/mol. The van der Waals surface area contributed by atoms with E-state index in [-0.39, 0.29) is 19.1 Å². The predicted octanol–water partition coefficient (Wildman–Crippen LogP) is 5.35. The number of carbonyl (C=O) groups is 1. The SMILES string of the molecule is O=C(NCC(O)C(O)c1ccc(-c2ccccc2)s1)OCC1c2ccccc2-c2ccccc21. The summed E-state index contributed by atoms with van der Waals surface area (Å²) in [7, 11) is 0. The first-order chi connectivity index (χ1) is 16.6. The Morgan fingerprint density at radius 2 is 1.47 bits per heavy atom. The molecule has 1 amide bonds. The van der Waals surface area contributed by atoms with Gasteiger partial charge in [0.1, 0.15) is 18.8 Å². The molecule has 1 heterocycles. The summed E-state index contributed by atoms with van der Waals surface area (Å²) in [5, 5.41) is 23.6. The molecule has 6 heteroatoms. The van der Waals surface area contributed by atoms with Crippen molar-refractivity contribution in [1.29, 1.82) is 0 Å². The summed E-state index contributed by atoms with van der Waals surface area (Å²) in [5.74, 6) is -0.0313. The number of aliphatic hydroxyl groups excluding tert-OH is 2. The fourth-order valence-corrected chi connectivity index (χ4v) is 5.47. The highest BCUT2D eigenvalue weighted by molar-refractivity contribution is 7.15. The van der Waals surface area contributed by atoms with Gasteiger partial charge in [-0.15, -0.1) is 11.3 Å². The molecule has 0 fully saturated rings. The van der Waals surface area contributed by atoms with Crippen molar-refractivity contribution in [2.75, 3.05) is 13.2 Å². The van der Waals surface area contributed by atoms with E-state index < -0.39 is 18.3 Å². The first-order valence-corrected chi connectivity index (χ1v) is 12.0.